The minimum atomic E-state index is -0.258. The molecule has 0 spiro atoms. The molecule has 2 aromatic rings. The minimum absolute atomic E-state index is 0.258. The summed E-state index contributed by atoms with van der Waals surface area (Å²) in [5.74, 6) is 0.835. The second kappa shape index (κ2) is 6.06. The van der Waals surface area contributed by atoms with Gasteiger partial charge in [-0.15, -0.1) is 0 Å². The summed E-state index contributed by atoms with van der Waals surface area (Å²) < 4.78 is 10.3. The molecule has 104 valence electrons. The molecule has 0 saturated carbocycles. The third-order valence-electron chi connectivity index (χ3n) is 2.81. The molecule has 1 amide bonds. The monoisotopic (exact) mass is 272 g/mol. The molecule has 0 bridgehead atoms. The summed E-state index contributed by atoms with van der Waals surface area (Å²) in [5, 5.41) is 2.81. The van der Waals surface area contributed by atoms with Crippen molar-refractivity contribution in [1.29, 1.82) is 0 Å². The van der Waals surface area contributed by atoms with Crippen molar-refractivity contribution in [1.82, 2.24) is 4.98 Å². The number of ether oxygens (including phenoxy) is 2. The molecular formula is C15H16N2O3. The van der Waals surface area contributed by atoms with E-state index in [9.17, 15) is 4.79 Å². The average Bonchev–Trinajstić information content (AvgIpc) is 2.46. The highest BCUT2D eigenvalue weighted by Crippen LogP contribution is 2.24. The van der Waals surface area contributed by atoms with Gasteiger partial charge >= 0.3 is 0 Å². The van der Waals surface area contributed by atoms with E-state index in [-0.39, 0.29) is 5.91 Å². The van der Waals surface area contributed by atoms with Gasteiger partial charge in [0.1, 0.15) is 11.5 Å². The maximum atomic E-state index is 12.3. The van der Waals surface area contributed by atoms with Crippen molar-refractivity contribution in [3.63, 3.8) is 0 Å². The molecule has 0 radical (unpaired) electrons. The first-order valence-electron chi connectivity index (χ1n) is 6.10. The second-order valence-corrected chi connectivity index (χ2v) is 4.21. The molecule has 1 aromatic heterocycles. The fraction of sp³-hybridized carbons (Fsp3) is 0.200. The molecule has 0 unspecified atom stereocenters. The van der Waals surface area contributed by atoms with Crippen LogP contribution < -0.4 is 14.8 Å². The van der Waals surface area contributed by atoms with Crippen LogP contribution in [0.3, 0.4) is 0 Å². The molecule has 0 aliphatic heterocycles. The van der Waals surface area contributed by atoms with E-state index in [4.69, 9.17) is 9.47 Å². The highest BCUT2D eigenvalue weighted by Gasteiger charge is 2.14. The molecule has 0 atom stereocenters. The molecule has 0 saturated heterocycles. The minimum Gasteiger partial charge on any atom is -0.497 e. The zero-order valence-corrected chi connectivity index (χ0v) is 11.6. The standard InChI is InChI=1S/C15H16N2O3/c1-10-8-11(6-7-16-10)17-15(18)13-9-12(19-2)4-5-14(13)20-3/h4-9H,1-3H3,(H,16,17,18). The van der Waals surface area contributed by atoms with Crippen molar-refractivity contribution < 1.29 is 14.3 Å². The molecule has 5 nitrogen and oxygen atoms in total. The molecule has 1 heterocycles. The van der Waals surface area contributed by atoms with E-state index in [0.717, 1.165) is 5.69 Å². The van der Waals surface area contributed by atoms with Gasteiger partial charge in [0.15, 0.2) is 0 Å². The zero-order valence-electron chi connectivity index (χ0n) is 11.6. The summed E-state index contributed by atoms with van der Waals surface area (Å²) in [4.78, 5) is 16.4. The maximum absolute atomic E-state index is 12.3. The number of amides is 1. The number of nitrogens with zero attached hydrogens (tertiary/aromatic N) is 1. The maximum Gasteiger partial charge on any atom is 0.259 e. The molecule has 2 rings (SSSR count). The van der Waals surface area contributed by atoms with Crippen LogP contribution in [-0.4, -0.2) is 25.1 Å². The lowest BCUT2D eigenvalue weighted by molar-refractivity contribution is 0.102. The van der Waals surface area contributed by atoms with Gasteiger partial charge in [-0.25, -0.2) is 0 Å². The number of pyridine rings is 1. The quantitative estimate of drug-likeness (QED) is 0.929. The number of hydrogen-bond donors (Lipinski definition) is 1. The highest BCUT2D eigenvalue weighted by atomic mass is 16.5. The third-order valence-corrected chi connectivity index (χ3v) is 2.81. The molecule has 0 aliphatic rings. The van der Waals surface area contributed by atoms with E-state index in [1.165, 1.54) is 7.11 Å². The first-order valence-corrected chi connectivity index (χ1v) is 6.10. The van der Waals surface area contributed by atoms with Crippen LogP contribution >= 0.6 is 0 Å². The van der Waals surface area contributed by atoms with Crippen molar-refractivity contribution in [3.05, 3.63) is 47.8 Å². The Bertz CT molecular complexity index is 626. The first kappa shape index (κ1) is 13.9. The Labute approximate surface area is 117 Å². The Hall–Kier alpha value is -2.56. The highest BCUT2D eigenvalue weighted by molar-refractivity contribution is 6.06. The molecule has 1 N–H and O–H groups in total. The summed E-state index contributed by atoms with van der Waals surface area (Å²) in [7, 11) is 3.07. The number of nitrogens with one attached hydrogen (secondary N) is 1. The SMILES string of the molecule is COc1ccc(OC)c(C(=O)Nc2ccnc(C)c2)c1. The molecule has 0 aliphatic carbocycles. The van der Waals surface area contributed by atoms with Gasteiger partial charge < -0.3 is 14.8 Å². The normalized spacial score (nSPS) is 9.95. The first-order chi connectivity index (χ1) is 9.63. The third kappa shape index (κ3) is 3.06. The predicted octanol–water partition coefficient (Wildman–Crippen LogP) is 2.66. The lowest BCUT2D eigenvalue weighted by atomic mass is 10.1. The van der Waals surface area contributed by atoms with Gasteiger partial charge in [-0.2, -0.15) is 0 Å². The van der Waals surface area contributed by atoms with Crippen molar-refractivity contribution in [2.75, 3.05) is 19.5 Å². The molecule has 5 heteroatoms. The van der Waals surface area contributed by atoms with Gasteiger partial charge in [0.2, 0.25) is 0 Å². The number of aromatic nitrogens is 1. The smallest absolute Gasteiger partial charge is 0.259 e. The van der Waals surface area contributed by atoms with Crippen molar-refractivity contribution in [2.45, 2.75) is 6.92 Å². The Morgan fingerprint density at radius 2 is 1.95 bits per heavy atom. The van der Waals surface area contributed by atoms with Crippen LogP contribution in [0.4, 0.5) is 5.69 Å². The van der Waals surface area contributed by atoms with Gasteiger partial charge in [0.25, 0.3) is 5.91 Å². The van der Waals surface area contributed by atoms with Crippen LogP contribution in [0.2, 0.25) is 0 Å². The van der Waals surface area contributed by atoms with Crippen LogP contribution in [0.15, 0.2) is 36.5 Å². The molecular weight excluding hydrogens is 256 g/mol. The Kier molecular flexibility index (Phi) is 4.20. The molecule has 0 fully saturated rings. The van der Waals surface area contributed by atoms with Gasteiger partial charge in [0.05, 0.1) is 19.8 Å². The largest absolute Gasteiger partial charge is 0.497 e. The van der Waals surface area contributed by atoms with Gasteiger partial charge in [-0.05, 0) is 37.3 Å². The number of carbonyl (C=O) groups is 1. The van der Waals surface area contributed by atoms with Gasteiger partial charge in [-0.3, -0.25) is 9.78 Å². The summed E-state index contributed by atoms with van der Waals surface area (Å²) in [6.45, 7) is 1.86. The average molecular weight is 272 g/mol. The van der Waals surface area contributed by atoms with E-state index in [2.05, 4.69) is 10.3 Å². The number of anilines is 1. The van der Waals surface area contributed by atoms with Gasteiger partial charge in [-0.1, -0.05) is 0 Å². The summed E-state index contributed by atoms with van der Waals surface area (Å²) in [5.41, 5.74) is 1.94. The van der Waals surface area contributed by atoms with E-state index in [1.807, 2.05) is 6.92 Å². The Morgan fingerprint density at radius 3 is 2.60 bits per heavy atom. The number of benzene rings is 1. The topological polar surface area (TPSA) is 60.5 Å². The number of carbonyl (C=O) groups excluding carboxylic acids is 1. The van der Waals surface area contributed by atoms with Crippen LogP contribution in [0, 0.1) is 6.92 Å². The second-order valence-electron chi connectivity index (χ2n) is 4.21. The van der Waals surface area contributed by atoms with Crippen LogP contribution in [0.1, 0.15) is 16.1 Å². The van der Waals surface area contributed by atoms with Crippen molar-refractivity contribution >= 4 is 11.6 Å². The van der Waals surface area contributed by atoms with E-state index < -0.39 is 0 Å². The van der Waals surface area contributed by atoms with Crippen molar-refractivity contribution in [3.8, 4) is 11.5 Å². The number of rotatable bonds is 4. The Morgan fingerprint density at radius 1 is 1.15 bits per heavy atom. The fourth-order valence-electron chi connectivity index (χ4n) is 1.81. The lowest BCUT2D eigenvalue weighted by Gasteiger charge is -2.11. The van der Waals surface area contributed by atoms with Crippen LogP contribution in [0.25, 0.3) is 0 Å². The lowest BCUT2D eigenvalue weighted by Crippen LogP contribution is -2.13. The Balaban J connectivity index is 2.28. The number of methoxy groups -OCH3 is 2. The molecule has 20 heavy (non-hydrogen) atoms. The predicted molar refractivity (Wildman–Crippen MR) is 76.5 cm³/mol. The van der Waals surface area contributed by atoms with E-state index >= 15 is 0 Å². The van der Waals surface area contributed by atoms with Crippen molar-refractivity contribution in [2.24, 2.45) is 0 Å². The van der Waals surface area contributed by atoms with E-state index in [0.29, 0.717) is 22.7 Å². The van der Waals surface area contributed by atoms with Crippen LogP contribution in [0.5, 0.6) is 11.5 Å². The summed E-state index contributed by atoms with van der Waals surface area (Å²) >= 11 is 0. The van der Waals surface area contributed by atoms with Gasteiger partial charge in [0, 0.05) is 17.6 Å². The summed E-state index contributed by atoms with van der Waals surface area (Å²) in [6.07, 6.45) is 1.65. The number of hydrogen-bond acceptors (Lipinski definition) is 4. The van der Waals surface area contributed by atoms with E-state index in [1.54, 1.807) is 43.6 Å². The fourth-order valence-corrected chi connectivity index (χ4v) is 1.81. The van der Waals surface area contributed by atoms with Crippen LogP contribution in [-0.2, 0) is 0 Å². The number of aryl methyl sites for hydroxylation is 1. The summed E-state index contributed by atoms with van der Waals surface area (Å²) in [6, 6.07) is 8.61. The molecule has 1 aromatic carbocycles. The zero-order chi connectivity index (χ0) is 14.5.